The molecule has 3 N–H and O–H groups in total. The summed E-state index contributed by atoms with van der Waals surface area (Å²) in [7, 11) is 1.68. The third kappa shape index (κ3) is 4.51. The van der Waals surface area contributed by atoms with Crippen molar-refractivity contribution in [3.8, 4) is 0 Å². The zero-order valence-electron chi connectivity index (χ0n) is 11.9. The molecule has 0 aliphatic heterocycles. The number of benzene rings is 1. The summed E-state index contributed by atoms with van der Waals surface area (Å²) in [6.07, 6.45) is 0. The van der Waals surface area contributed by atoms with Gasteiger partial charge in [-0.05, 0) is 24.1 Å². The van der Waals surface area contributed by atoms with Crippen LogP contribution in [0.3, 0.4) is 0 Å². The number of nitrogens with one attached hydrogen (secondary N) is 1. The number of urea groups is 1. The van der Waals surface area contributed by atoms with Crippen molar-refractivity contribution in [1.29, 1.82) is 0 Å². The molecular formula is C13H20N4O3. The molecule has 7 heteroatoms. The van der Waals surface area contributed by atoms with Crippen LogP contribution in [0.15, 0.2) is 24.3 Å². The fourth-order valence-electron chi connectivity index (χ4n) is 1.66. The molecule has 0 spiro atoms. The molecule has 20 heavy (non-hydrogen) atoms. The van der Waals surface area contributed by atoms with E-state index in [1.54, 1.807) is 7.05 Å². The lowest BCUT2D eigenvalue weighted by molar-refractivity contribution is -0.384. The van der Waals surface area contributed by atoms with Gasteiger partial charge in [0.1, 0.15) is 0 Å². The Morgan fingerprint density at radius 2 is 1.95 bits per heavy atom. The minimum Gasteiger partial charge on any atom is -0.330 e. The first-order valence-corrected chi connectivity index (χ1v) is 6.22. The van der Waals surface area contributed by atoms with E-state index in [0.717, 1.165) is 0 Å². The quantitative estimate of drug-likeness (QED) is 0.636. The van der Waals surface area contributed by atoms with E-state index in [1.807, 2.05) is 13.8 Å². The maximum absolute atomic E-state index is 12.0. The number of nitrogens with two attached hydrogens (primary N) is 1. The van der Waals surface area contributed by atoms with Gasteiger partial charge < -0.3 is 16.0 Å². The number of rotatable bonds is 5. The molecule has 0 aromatic heterocycles. The summed E-state index contributed by atoms with van der Waals surface area (Å²) in [6, 6.07) is 5.41. The summed E-state index contributed by atoms with van der Waals surface area (Å²) in [4.78, 5) is 23.5. The van der Waals surface area contributed by atoms with Gasteiger partial charge in [0.05, 0.1) is 4.92 Å². The third-order valence-corrected chi connectivity index (χ3v) is 2.89. The topological polar surface area (TPSA) is 102 Å². The van der Waals surface area contributed by atoms with Gasteiger partial charge in [-0.1, -0.05) is 13.8 Å². The van der Waals surface area contributed by atoms with Crippen LogP contribution in [0.2, 0.25) is 0 Å². The van der Waals surface area contributed by atoms with E-state index in [-0.39, 0.29) is 17.1 Å². The smallest absolute Gasteiger partial charge is 0.321 e. The predicted molar refractivity (Wildman–Crippen MR) is 77.6 cm³/mol. The highest BCUT2D eigenvalue weighted by Gasteiger charge is 2.21. The van der Waals surface area contributed by atoms with Gasteiger partial charge in [-0.25, -0.2) is 4.79 Å². The fraction of sp³-hybridized carbons (Fsp3) is 0.462. The Morgan fingerprint density at radius 1 is 1.40 bits per heavy atom. The summed E-state index contributed by atoms with van der Waals surface area (Å²) < 4.78 is 0. The summed E-state index contributed by atoms with van der Waals surface area (Å²) in [5.41, 5.74) is 5.96. The van der Waals surface area contributed by atoms with Gasteiger partial charge in [0, 0.05) is 31.4 Å². The highest BCUT2D eigenvalue weighted by Crippen LogP contribution is 2.17. The monoisotopic (exact) mass is 280 g/mol. The molecule has 0 saturated heterocycles. The van der Waals surface area contributed by atoms with Crippen LogP contribution in [0.25, 0.3) is 0 Å². The fourth-order valence-corrected chi connectivity index (χ4v) is 1.66. The van der Waals surface area contributed by atoms with Crippen molar-refractivity contribution in [3.63, 3.8) is 0 Å². The summed E-state index contributed by atoms with van der Waals surface area (Å²) >= 11 is 0. The molecule has 1 aromatic rings. The van der Waals surface area contributed by atoms with Crippen molar-refractivity contribution in [2.45, 2.75) is 13.8 Å². The zero-order chi connectivity index (χ0) is 15.3. The second-order valence-electron chi connectivity index (χ2n) is 5.46. The number of carbonyl (C=O) groups is 1. The molecule has 1 rings (SSSR count). The first-order chi connectivity index (χ1) is 9.25. The van der Waals surface area contributed by atoms with Crippen molar-refractivity contribution in [1.82, 2.24) is 4.90 Å². The average molecular weight is 280 g/mol. The van der Waals surface area contributed by atoms with E-state index in [1.165, 1.54) is 29.2 Å². The minimum atomic E-state index is -0.485. The number of nitro benzene ring substituents is 1. The van der Waals surface area contributed by atoms with Crippen LogP contribution in [-0.2, 0) is 0 Å². The summed E-state index contributed by atoms with van der Waals surface area (Å²) in [6.45, 7) is 4.94. The van der Waals surface area contributed by atoms with Crippen molar-refractivity contribution in [2.75, 3.05) is 25.5 Å². The number of nitro groups is 1. The van der Waals surface area contributed by atoms with Crippen molar-refractivity contribution in [3.05, 3.63) is 34.4 Å². The molecule has 0 unspecified atom stereocenters. The Kier molecular flexibility index (Phi) is 5.04. The number of non-ortho nitro benzene ring substituents is 1. The molecule has 1 aromatic carbocycles. The van der Waals surface area contributed by atoms with Gasteiger partial charge in [-0.2, -0.15) is 0 Å². The van der Waals surface area contributed by atoms with Crippen LogP contribution in [0, 0.1) is 15.5 Å². The predicted octanol–water partition coefficient (Wildman–Crippen LogP) is 2.04. The van der Waals surface area contributed by atoms with Gasteiger partial charge >= 0.3 is 6.03 Å². The molecule has 2 amide bonds. The Labute approximate surface area is 117 Å². The molecular weight excluding hydrogens is 260 g/mol. The van der Waals surface area contributed by atoms with E-state index in [9.17, 15) is 14.9 Å². The van der Waals surface area contributed by atoms with E-state index in [0.29, 0.717) is 18.8 Å². The largest absolute Gasteiger partial charge is 0.330 e. The number of anilines is 1. The van der Waals surface area contributed by atoms with E-state index in [4.69, 9.17) is 5.73 Å². The van der Waals surface area contributed by atoms with Gasteiger partial charge in [-0.3, -0.25) is 10.1 Å². The van der Waals surface area contributed by atoms with Crippen LogP contribution in [0.5, 0.6) is 0 Å². The van der Waals surface area contributed by atoms with Gasteiger partial charge in [0.25, 0.3) is 5.69 Å². The zero-order valence-corrected chi connectivity index (χ0v) is 11.9. The lowest BCUT2D eigenvalue weighted by Crippen LogP contribution is -2.41. The maximum atomic E-state index is 12.0. The summed E-state index contributed by atoms with van der Waals surface area (Å²) in [5.74, 6) is 0. The van der Waals surface area contributed by atoms with Crippen LogP contribution < -0.4 is 11.1 Å². The third-order valence-electron chi connectivity index (χ3n) is 2.89. The van der Waals surface area contributed by atoms with Crippen molar-refractivity contribution in [2.24, 2.45) is 11.1 Å². The van der Waals surface area contributed by atoms with Gasteiger partial charge in [0.15, 0.2) is 0 Å². The highest BCUT2D eigenvalue weighted by atomic mass is 16.6. The molecule has 0 fully saturated rings. The van der Waals surface area contributed by atoms with E-state index >= 15 is 0 Å². The molecule has 110 valence electrons. The van der Waals surface area contributed by atoms with Crippen LogP contribution >= 0.6 is 0 Å². The molecule has 0 aliphatic carbocycles. The lowest BCUT2D eigenvalue weighted by Gasteiger charge is -2.29. The van der Waals surface area contributed by atoms with Crippen LogP contribution in [0.1, 0.15) is 13.8 Å². The van der Waals surface area contributed by atoms with Crippen molar-refractivity contribution >= 4 is 17.4 Å². The SMILES string of the molecule is CN(CC(C)(C)CN)C(=O)Nc1ccc([N+](=O)[O-])cc1. The standard InChI is InChI=1S/C13H20N4O3/c1-13(2,8-14)9-16(3)12(18)15-10-4-6-11(7-5-10)17(19)20/h4-7H,8-9,14H2,1-3H3,(H,15,18). The molecule has 0 saturated carbocycles. The first-order valence-electron chi connectivity index (χ1n) is 6.22. The first kappa shape index (κ1) is 15.9. The van der Waals surface area contributed by atoms with Crippen LogP contribution in [0.4, 0.5) is 16.2 Å². The molecule has 0 bridgehead atoms. The molecule has 7 nitrogen and oxygen atoms in total. The Hall–Kier alpha value is -2.15. The Bertz CT molecular complexity index is 485. The summed E-state index contributed by atoms with van der Waals surface area (Å²) in [5, 5.41) is 13.2. The minimum absolute atomic E-state index is 0.0133. The van der Waals surface area contributed by atoms with E-state index in [2.05, 4.69) is 5.32 Å². The second-order valence-corrected chi connectivity index (χ2v) is 5.46. The molecule has 0 atom stereocenters. The van der Waals surface area contributed by atoms with E-state index < -0.39 is 4.92 Å². The lowest BCUT2D eigenvalue weighted by atomic mass is 9.93. The van der Waals surface area contributed by atoms with Crippen molar-refractivity contribution < 1.29 is 9.72 Å². The molecule has 0 aliphatic rings. The van der Waals surface area contributed by atoms with Gasteiger partial charge in [-0.15, -0.1) is 0 Å². The Balaban J connectivity index is 2.64. The highest BCUT2D eigenvalue weighted by molar-refractivity contribution is 5.89. The normalized spacial score (nSPS) is 11.0. The van der Waals surface area contributed by atoms with Gasteiger partial charge in [0.2, 0.25) is 0 Å². The maximum Gasteiger partial charge on any atom is 0.321 e. The van der Waals surface area contributed by atoms with Crippen LogP contribution in [-0.4, -0.2) is 36.0 Å². The average Bonchev–Trinajstić information content (AvgIpc) is 2.38. The number of hydrogen-bond donors (Lipinski definition) is 2. The number of amides is 2. The molecule has 0 heterocycles. The second kappa shape index (κ2) is 6.33. The number of hydrogen-bond acceptors (Lipinski definition) is 4. The Morgan fingerprint density at radius 3 is 2.40 bits per heavy atom. The molecule has 0 radical (unpaired) electrons. The number of carbonyl (C=O) groups excluding carboxylic acids is 1. The number of nitrogens with zero attached hydrogens (tertiary/aromatic N) is 2.